The van der Waals surface area contributed by atoms with Crippen LogP contribution in [0, 0.1) is 5.21 Å². The summed E-state index contributed by atoms with van der Waals surface area (Å²) in [4.78, 5) is 42.2. The molecule has 204 valence electrons. The van der Waals surface area contributed by atoms with E-state index in [1.165, 1.54) is 23.1 Å². The van der Waals surface area contributed by atoms with Crippen LogP contribution in [0.25, 0.3) is 10.4 Å². The van der Waals surface area contributed by atoms with Gasteiger partial charge in [0.2, 0.25) is 5.91 Å². The summed E-state index contributed by atoms with van der Waals surface area (Å²) in [6, 6.07) is 12.5. The summed E-state index contributed by atoms with van der Waals surface area (Å²) in [5.41, 5.74) is 1.40. The van der Waals surface area contributed by atoms with Crippen LogP contribution in [-0.2, 0) is 19.6 Å². The van der Waals surface area contributed by atoms with Gasteiger partial charge in [-0.25, -0.2) is 8.42 Å². The van der Waals surface area contributed by atoms with Crippen molar-refractivity contribution in [3.05, 3.63) is 76.9 Å². The molecule has 0 bridgehead atoms. The Morgan fingerprint density at radius 2 is 1.92 bits per heavy atom. The van der Waals surface area contributed by atoms with Gasteiger partial charge in [0.1, 0.15) is 12.1 Å². The molecular formula is C27H28N4O6S2. The lowest BCUT2D eigenvalue weighted by Gasteiger charge is -2.28. The summed E-state index contributed by atoms with van der Waals surface area (Å²) in [6.45, 7) is 1.64. The maximum absolute atomic E-state index is 13.6. The van der Waals surface area contributed by atoms with E-state index >= 15 is 0 Å². The molecule has 2 saturated heterocycles. The van der Waals surface area contributed by atoms with Gasteiger partial charge in [-0.1, -0.05) is 31.5 Å². The number of amides is 2. The molecule has 1 N–H and O–H groups in total. The van der Waals surface area contributed by atoms with Crippen LogP contribution in [0.3, 0.4) is 0 Å². The van der Waals surface area contributed by atoms with Gasteiger partial charge in [-0.15, -0.1) is 11.3 Å². The third-order valence-electron chi connectivity index (χ3n) is 7.16. The monoisotopic (exact) mass is 568 g/mol. The summed E-state index contributed by atoms with van der Waals surface area (Å²) in [5, 5.41) is 16.5. The first kappa shape index (κ1) is 27.0. The SMILES string of the molecule is CCCC(NC(=O)c1ccc(-c2cccs2)cc1)C(=O)N1CCC2C1C(=O)CN2S(=O)(=O)c1cccc[n+]1[O-]. The zero-order chi connectivity index (χ0) is 27.7. The largest absolute Gasteiger partial charge is 0.618 e. The van der Waals surface area contributed by atoms with E-state index in [1.807, 2.05) is 36.6 Å². The number of likely N-dealkylation sites (tertiary alicyclic amines) is 1. The molecule has 1 aromatic carbocycles. The Hall–Kier alpha value is -3.61. The lowest BCUT2D eigenvalue weighted by molar-refractivity contribution is -0.646. The molecule has 3 unspecified atom stereocenters. The van der Waals surface area contributed by atoms with Gasteiger partial charge in [-0.3, -0.25) is 14.4 Å². The topological polar surface area (TPSA) is 131 Å². The highest BCUT2D eigenvalue weighted by Gasteiger charge is 2.55. The first-order valence-corrected chi connectivity index (χ1v) is 15.0. The number of pyridine rings is 1. The lowest BCUT2D eigenvalue weighted by atomic mass is 10.1. The third kappa shape index (κ3) is 5.07. The lowest BCUT2D eigenvalue weighted by Crippen LogP contribution is -2.52. The summed E-state index contributed by atoms with van der Waals surface area (Å²) in [5.74, 6) is -1.23. The average molecular weight is 569 g/mol. The van der Waals surface area contributed by atoms with Crippen molar-refractivity contribution in [1.82, 2.24) is 14.5 Å². The number of benzene rings is 1. The fraction of sp³-hybridized carbons (Fsp3) is 0.333. The van der Waals surface area contributed by atoms with E-state index in [4.69, 9.17) is 0 Å². The smallest absolute Gasteiger partial charge is 0.323 e. The van der Waals surface area contributed by atoms with E-state index in [1.54, 1.807) is 23.5 Å². The van der Waals surface area contributed by atoms with E-state index < -0.39 is 57.3 Å². The van der Waals surface area contributed by atoms with E-state index in [0.717, 1.165) is 20.9 Å². The second-order valence-electron chi connectivity index (χ2n) is 9.58. The number of hydrogen-bond donors (Lipinski definition) is 1. The molecule has 10 nitrogen and oxygen atoms in total. The molecule has 2 aliphatic rings. The van der Waals surface area contributed by atoms with Crippen molar-refractivity contribution in [1.29, 1.82) is 0 Å². The minimum atomic E-state index is -4.26. The van der Waals surface area contributed by atoms with E-state index in [9.17, 15) is 28.0 Å². The minimum Gasteiger partial charge on any atom is -0.618 e. The quantitative estimate of drug-likeness (QED) is 0.328. The van der Waals surface area contributed by atoms with Crippen LogP contribution in [0.5, 0.6) is 0 Å². The molecule has 2 aliphatic heterocycles. The number of aromatic nitrogens is 1. The summed E-state index contributed by atoms with van der Waals surface area (Å²) in [6.07, 6.45) is 2.31. The Morgan fingerprint density at radius 3 is 2.59 bits per heavy atom. The van der Waals surface area contributed by atoms with E-state index in [0.29, 0.717) is 18.4 Å². The van der Waals surface area contributed by atoms with Crippen molar-refractivity contribution in [2.75, 3.05) is 13.1 Å². The predicted molar refractivity (Wildman–Crippen MR) is 144 cm³/mol. The maximum Gasteiger partial charge on any atom is 0.323 e. The molecule has 3 aromatic rings. The number of thiophene rings is 1. The Labute approximate surface area is 230 Å². The van der Waals surface area contributed by atoms with Gasteiger partial charge in [0.25, 0.3) is 5.91 Å². The molecule has 0 spiro atoms. The molecule has 12 heteroatoms. The molecule has 5 rings (SSSR count). The molecule has 0 radical (unpaired) electrons. The average Bonchev–Trinajstić information content (AvgIpc) is 3.68. The highest BCUT2D eigenvalue weighted by molar-refractivity contribution is 7.89. The van der Waals surface area contributed by atoms with Gasteiger partial charge in [-0.2, -0.15) is 9.04 Å². The molecule has 39 heavy (non-hydrogen) atoms. The van der Waals surface area contributed by atoms with E-state index in [-0.39, 0.29) is 17.7 Å². The molecule has 2 fully saturated rings. The fourth-order valence-corrected chi connectivity index (χ4v) is 7.68. The van der Waals surface area contributed by atoms with Crippen molar-refractivity contribution in [3.8, 4) is 10.4 Å². The second kappa shape index (κ2) is 10.9. The standard InChI is InChI=1S/C27H28N4O6S2/c1-2-6-20(28-26(33)19-11-9-18(10-12-19)23-7-5-16-38-23)27(34)29-15-13-21-25(29)22(32)17-31(21)39(36,37)24-8-3-4-14-30(24)35/h3-5,7-12,14,16,20-21,25H,2,6,13,15,17H2,1H3,(H,28,33). The van der Waals surface area contributed by atoms with Crippen LogP contribution in [-0.4, -0.2) is 66.4 Å². The van der Waals surface area contributed by atoms with Crippen LogP contribution in [0.1, 0.15) is 36.5 Å². The number of nitrogens with one attached hydrogen (secondary N) is 1. The first-order chi connectivity index (χ1) is 18.7. The van der Waals surface area contributed by atoms with Crippen LogP contribution in [0.2, 0.25) is 0 Å². The Kier molecular flexibility index (Phi) is 7.52. The number of fused-ring (bicyclic) bond motifs is 1. The number of Topliss-reactive ketones (excluding diaryl/α,β-unsaturated/α-hetero) is 1. The molecule has 2 amide bonds. The van der Waals surface area contributed by atoms with Crippen molar-refractivity contribution in [3.63, 3.8) is 0 Å². The minimum absolute atomic E-state index is 0.170. The Morgan fingerprint density at radius 1 is 1.15 bits per heavy atom. The van der Waals surface area contributed by atoms with Crippen LogP contribution in [0.15, 0.2) is 71.2 Å². The maximum atomic E-state index is 13.6. The molecule has 0 aliphatic carbocycles. The first-order valence-electron chi connectivity index (χ1n) is 12.7. The molecule has 0 saturated carbocycles. The Balaban J connectivity index is 1.32. The van der Waals surface area contributed by atoms with Gasteiger partial charge >= 0.3 is 15.0 Å². The molecule has 3 atom stereocenters. The summed E-state index contributed by atoms with van der Waals surface area (Å²) >= 11 is 1.60. The van der Waals surface area contributed by atoms with Crippen molar-refractivity contribution in [2.24, 2.45) is 0 Å². The van der Waals surface area contributed by atoms with Crippen molar-refractivity contribution < 1.29 is 27.5 Å². The number of carbonyl (C=O) groups is 3. The zero-order valence-electron chi connectivity index (χ0n) is 21.2. The summed E-state index contributed by atoms with van der Waals surface area (Å²) < 4.78 is 27.8. The fourth-order valence-electron chi connectivity index (χ4n) is 5.29. The highest BCUT2D eigenvalue weighted by atomic mass is 32.2. The van der Waals surface area contributed by atoms with Crippen molar-refractivity contribution in [2.45, 2.75) is 49.3 Å². The number of rotatable bonds is 8. The zero-order valence-corrected chi connectivity index (χ0v) is 22.9. The number of hydrogen-bond acceptors (Lipinski definition) is 7. The molecule has 4 heterocycles. The van der Waals surface area contributed by atoms with Gasteiger partial charge < -0.3 is 15.4 Å². The Bertz CT molecular complexity index is 1490. The number of sulfonamides is 1. The van der Waals surface area contributed by atoms with Crippen LogP contribution >= 0.6 is 11.3 Å². The van der Waals surface area contributed by atoms with Gasteiger partial charge in [0.05, 0.1) is 12.6 Å². The number of ketones is 1. The van der Waals surface area contributed by atoms with Crippen LogP contribution < -0.4 is 10.0 Å². The normalized spacial score (nSPS) is 20.1. The van der Waals surface area contributed by atoms with E-state index in [2.05, 4.69) is 5.32 Å². The van der Waals surface area contributed by atoms with Gasteiger partial charge in [0.15, 0.2) is 12.0 Å². The molecule has 2 aromatic heterocycles. The van der Waals surface area contributed by atoms with Gasteiger partial charge in [-0.05, 0) is 48.1 Å². The number of nitrogens with zero attached hydrogens (tertiary/aromatic N) is 3. The highest BCUT2D eigenvalue weighted by Crippen LogP contribution is 2.34. The molecular weight excluding hydrogens is 540 g/mol. The van der Waals surface area contributed by atoms with Crippen LogP contribution in [0.4, 0.5) is 0 Å². The van der Waals surface area contributed by atoms with Gasteiger partial charge in [0, 0.05) is 29.1 Å². The van der Waals surface area contributed by atoms with Crippen molar-refractivity contribution >= 4 is 39.0 Å². The predicted octanol–water partition coefficient (Wildman–Crippen LogP) is 2.19. The third-order valence-corrected chi connectivity index (χ3v) is 9.94. The second-order valence-corrected chi connectivity index (χ2v) is 12.4. The summed E-state index contributed by atoms with van der Waals surface area (Å²) in [7, 11) is -4.26. The number of carbonyl (C=O) groups excluding carboxylic acids is 3.